The van der Waals surface area contributed by atoms with Gasteiger partial charge in [-0.25, -0.2) is 0 Å². The fourth-order valence-corrected chi connectivity index (χ4v) is 4.44. The maximum absolute atomic E-state index is 12.6. The molecule has 0 radical (unpaired) electrons. The smallest absolute Gasteiger partial charge is 0.227 e. The van der Waals surface area contributed by atoms with E-state index in [4.69, 9.17) is 9.16 Å². The van der Waals surface area contributed by atoms with Gasteiger partial charge in [-0.15, -0.1) is 0 Å². The molecule has 3 rings (SSSR count). The normalized spacial score (nSPS) is 28.3. The van der Waals surface area contributed by atoms with E-state index in [2.05, 4.69) is 33.9 Å². The summed E-state index contributed by atoms with van der Waals surface area (Å²) in [6.07, 6.45) is 0.169. The Morgan fingerprint density at radius 3 is 2.48 bits per heavy atom. The summed E-state index contributed by atoms with van der Waals surface area (Å²) in [6.45, 7) is 11.7. The van der Waals surface area contributed by atoms with Crippen molar-refractivity contribution < 1.29 is 14.0 Å². The SMILES string of the molecule is CC(C)(C)[Si](C)(C)O[C@H]1CC(=O)N2[C@@H](c3ccccc3)OC[C@H]12. The lowest BCUT2D eigenvalue weighted by molar-refractivity contribution is -0.134. The molecule has 1 aromatic rings. The average Bonchev–Trinajstić information content (AvgIpc) is 3.01. The Balaban J connectivity index is 1.78. The van der Waals surface area contributed by atoms with E-state index >= 15 is 0 Å². The van der Waals surface area contributed by atoms with Crippen molar-refractivity contribution in [3.05, 3.63) is 35.9 Å². The van der Waals surface area contributed by atoms with Gasteiger partial charge in [0.1, 0.15) is 0 Å². The molecule has 5 heteroatoms. The molecule has 0 saturated carbocycles. The van der Waals surface area contributed by atoms with Gasteiger partial charge in [-0.3, -0.25) is 4.79 Å². The van der Waals surface area contributed by atoms with Crippen LogP contribution in [0.5, 0.6) is 0 Å². The van der Waals surface area contributed by atoms with E-state index in [1.807, 2.05) is 35.2 Å². The van der Waals surface area contributed by atoms with Crippen LogP contribution in [0.25, 0.3) is 0 Å². The summed E-state index contributed by atoms with van der Waals surface area (Å²) >= 11 is 0. The van der Waals surface area contributed by atoms with Gasteiger partial charge in [0, 0.05) is 5.56 Å². The topological polar surface area (TPSA) is 38.8 Å². The Labute approximate surface area is 139 Å². The molecular formula is C18H27NO3Si. The van der Waals surface area contributed by atoms with E-state index in [1.54, 1.807) is 0 Å². The first-order valence-electron chi connectivity index (χ1n) is 8.36. The van der Waals surface area contributed by atoms with Crippen LogP contribution >= 0.6 is 0 Å². The second-order valence-corrected chi connectivity index (χ2v) is 12.8. The summed E-state index contributed by atoms with van der Waals surface area (Å²) in [5.74, 6) is 0.144. The van der Waals surface area contributed by atoms with Gasteiger partial charge >= 0.3 is 0 Å². The summed E-state index contributed by atoms with van der Waals surface area (Å²) in [5.41, 5.74) is 1.04. The molecule has 23 heavy (non-hydrogen) atoms. The first kappa shape index (κ1) is 16.7. The minimum atomic E-state index is -1.90. The fraction of sp³-hybridized carbons (Fsp3) is 0.611. The molecule has 2 saturated heterocycles. The third-order valence-corrected chi connectivity index (χ3v) is 9.97. The molecule has 2 fully saturated rings. The first-order valence-corrected chi connectivity index (χ1v) is 11.3. The molecule has 0 N–H and O–H groups in total. The zero-order valence-electron chi connectivity index (χ0n) is 14.7. The number of hydrogen-bond donors (Lipinski definition) is 0. The number of hydrogen-bond acceptors (Lipinski definition) is 3. The average molecular weight is 334 g/mol. The van der Waals surface area contributed by atoms with Crippen molar-refractivity contribution in [1.82, 2.24) is 4.90 Å². The van der Waals surface area contributed by atoms with E-state index in [1.165, 1.54) is 0 Å². The standard InChI is InChI=1S/C18H27NO3Si/c1-18(2,3)23(4,5)22-15-11-16(20)19-14(15)12-21-17(19)13-9-7-6-8-10-13/h6-10,14-15,17H,11-12H2,1-5H3/t14-,15+,17-/m1/s1. The Morgan fingerprint density at radius 2 is 1.87 bits per heavy atom. The van der Waals surface area contributed by atoms with Crippen LogP contribution < -0.4 is 0 Å². The molecule has 4 nitrogen and oxygen atoms in total. The quantitative estimate of drug-likeness (QED) is 0.792. The highest BCUT2D eigenvalue weighted by Crippen LogP contribution is 2.43. The zero-order valence-corrected chi connectivity index (χ0v) is 15.7. The van der Waals surface area contributed by atoms with E-state index in [9.17, 15) is 4.79 Å². The van der Waals surface area contributed by atoms with Crippen molar-refractivity contribution in [2.75, 3.05) is 6.61 Å². The number of benzene rings is 1. The molecular weight excluding hydrogens is 306 g/mol. The van der Waals surface area contributed by atoms with Crippen LogP contribution in [0.4, 0.5) is 0 Å². The molecule has 0 aromatic heterocycles. The van der Waals surface area contributed by atoms with Crippen molar-refractivity contribution in [3.63, 3.8) is 0 Å². The van der Waals surface area contributed by atoms with E-state index < -0.39 is 8.32 Å². The number of carbonyl (C=O) groups excluding carboxylic acids is 1. The van der Waals surface area contributed by atoms with Gasteiger partial charge in [-0.05, 0) is 18.1 Å². The molecule has 0 aliphatic carbocycles. The Morgan fingerprint density at radius 1 is 1.22 bits per heavy atom. The van der Waals surface area contributed by atoms with Crippen LogP contribution in [0.2, 0.25) is 18.1 Å². The monoisotopic (exact) mass is 333 g/mol. The molecule has 126 valence electrons. The Hall–Kier alpha value is -1.17. The molecule has 2 heterocycles. The van der Waals surface area contributed by atoms with E-state index in [0.29, 0.717) is 13.0 Å². The van der Waals surface area contributed by atoms with Gasteiger partial charge in [-0.2, -0.15) is 0 Å². The highest BCUT2D eigenvalue weighted by atomic mass is 28.4. The maximum Gasteiger partial charge on any atom is 0.227 e. The zero-order chi connectivity index (χ0) is 16.8. The van der Waals surface area contributed by atoms with Crippen molar-refractivity contribution >= 4 is 14.2 Å². The third-order valence-electron chi connectivity index (χ3n) is 5.46. The highest BCUT2D eigenvalue weighted by Gasteiger charge is 2.52. The van der Waals surface area contributed by atoms with Crippen LogP contribution in [0.15, 0.2) is 30.3 Å². The molecule has 0 bridgehead atoms. The van der Waals surface area contributed by atoms with Gasteiger partial charge in [-0.1, -0.05) is 51.1 Å². The Bertz CT molecular complexity index is 582. The lowest BCUT2D eigenvalue weighted by Crippen LogP contribution is -2.47. The van der Waals surface area contributed by atoms with Crippen LogP contribution in [-0.2, 0) is 14.0 Å². The number of ether oxygens (including phenoxy) is 1. The summed E-state index contributed by atoms with van der Waals surface area (Å²) in [4.78, 5) is 14.5. The number of nitrogens with zero attached hydrogens (tertiary/aromatic N) is 1. The predicted molar refractivity (Wildman–Crippen MR) is 92.5 cm³/mol. The van der Waals surface area contributed by atoms with Crippen molar-refractivity contribution in [3.8, 4) is 0 Å². The maximum atomic E-state index is 12.6. The summed E-state index contributed by atoms with van der Waals surface area (Å²) in [6, 6.07) is 10.0. The molecule has 2 aliphatic heterocycles. The molecule has 2 aliphatic rings. The predicted octanol–water partition coefficient (Wildman–Crippen LogP) is 3.71. The van der Waals surface area contributed by atoms with Gasteiger partial charge in [0.05, 0.1) is 25.2 Å². The van der Waals surface area contributed by atoms with Crippen molar-refractivity contribution in [2.24, 2.45) is 0 Å². The molecule has 3 atom stereocenters. The lowest BCUT2D eigenvalue weighted by Gasteiger charge is -2.39. The second kappa shape index (κ2) is 5.72. The van der Waals surface area contributed by atoms with Crippen LogP contribution in [0.3, 0.4) is 0 Å². The van der Waals surface area contributed by atoms with Gasteiger partial charge < -0.3 is 14.1 Å². The minimum Gasteiger partial charge on any atom is -0.411 e. The molecule has 0 unspecified atom stereocenters. The number of fused-ring (bicyclic) bond motifs is 1. The largest absolute Gasteiger partial charge is 0.411 e. The van der Waals surface area contributed by atoms with Gasteiger partial charge in [0.15, 0.2) is 14.5 Å². The highest BCUT2D eigenvalue weighted by molar-refractivity contribution is 6.74. The summed E-state index contributed by atoms with van der Waals surface area (Å²) < 4.78 is 12.5. The fourth-order valence-electron chi connectivity index (χ4n) is 3.09. The molecule has 1 amide bonds. The van der Waals surface area contributed by atoms with Crippen molar-refractivity contribution in [2.45, 2.75) is 63.7 Å². The Kier molecular flexibility index (Phi) is 4.15. The summed E-state index contributed by atoms with van der Waals surface area (Å²) in [7, 11) is -1.90. The number of carbonyl (C=O) groups is 1. The third kappa shape index (κ3) is 2.97. The summed E-state index contributed by atoms with van der Waals surface area (Å²) in [5, 5.41) is 0.141. The van der Waals surface area contributed by atoms with Gasteiger partial charge in [0.25, 0.3) is 0 Å². The number of amides is 1. The molecule has 0 spiro atoms. The van der Waals surface area contributed by atoms with Crippen molar-refractivity contribution in [1.29, 1.82) is 0 Å². The number of rotatable bonds is 3. The minimum absolute atomic E-state index is 0.0434. The molecule has 1 aromatic carbocycles. The van der Waals surface area contributed by atoms with E-state index in [0.717, 1.165) is 5.56 Å². The second-order valence-electron chi connectivity index (χ2n) is 8.09. The first-order chi connectivity index (χ1) is 10.7. The van der Waals surface area contributed by atoms with Crippen LogP contribution in [0, 0.1) is 0 Å². The van der Waals surface area contributed by atoms with Crippen LogP contribution in [-0.4, -0.2) is 37.9 Å². The van der Waals surface area contributed by atoms with E-state index in [-0.39, 0.29) is 29.3 Å². The lowest BCUT2D eigenvalue weighted by atomic mass is 10.2. The van der Waals surface area contributed by atoms with Crippen LogP contribution in [0.1, 0.15) is 39.0 Å². The van der Waals surface area contributed by atoms with Gasteiger partial charge in [0.2, 0.25) is 5.91 Å².